The van der Waals surface area contributed by atoms with Crippen molar-refractivity contribution in [2.45, 2.75) is 38.4 Å². The van der Waals surface area contributed by atoms with E-state index in [1.54, 1.807) is 24.3 Å². The Kier molecular flexibility index (Phi) is 5.68. The van der Waals surface area contributed by atoms with Crippen LogP contribution in [0.1, 0.15) is 26.2 Å². The first-order valence-electron chi connectivity index (χ1n) is 7.00. The van der Waals surface area contributed by atoms with Crippen LogP contribution in [0, 0.1) is 0 Å². The van der Waals surface area contributed by atoms with Gasteiger partial charge < -0.3 is 14.8 Å². The van der Waals surface area contributed by atoms with Crippen LogP contribution in [0.2, 0.25) is 5.02 Å². The van der Waals surface area contributed by atoms with Crippen LogP contribution in [0.15, 0.2) is 24.3 Å². The minimum absolute atomic E-state index is 0.0991. The molecule has 0 radical (unpaired) electrons. The molecule has 0 aliphatic carbocycles. The number of hydrogen-bond donors (Lipinski definition) is 1. The van der Waals surface area contributed by atoms with E-state index in [0.29, 0.717) is 23.7 Å². The van der Waals surface area contributed by atoms with Crippen molar-refractivity contribution < 1.29 is 14.3 Å². The fourth-order valence-corrected chi connectivity index (χ4v) is 2.26. The summed E-state index contributed by atoms with van der Waals surface area (Å²) in [6, 6.07) is 7.01. The minimum atomic E-state index is -0.488. The molecule has 1 aliphatic heterocycles. The molecule has 110 valence electrons. The van der Waals surface area contributed by atoms with E-state index < -0.39 is 6.10 Å². The lowest BCUT2D eigenvalue weighted by molar-refractivity contribution is -0.128. The van der Waals surface area contributed by atoms with Gasteiger partial charge in [0.1, 0.15) is 5.75 Å². The summed E-state index contributed by atoms with van der Waals surface area (Å²) in [5, 5.41) is 3.54. The molecule has 5 heteroatoms. The number of amides is 1. The third-order valence-electron chi connectivity index (χ3n) is 3.28. The molecule has 0 bridgehead atoms. The van der Waals surface area contributed by atoms with Crippen molar-refractivity contribution in [3.05, 3.63) is 29.3 Å². The maximum atomic E-state index is 12.1. The minimum Gasteiger partial charge on any atom is -0.481 e. The van der Waals surface area contributed by atoms with Gasteiger partial charge in [-0.05, 0) is 43.5 Å². The van der Waals surface area contributed by atoms with E-state index in [1.807, 2.05) is 6.92 Å². The molecule has 2 rings (SSSR count). The molecular formula is C15H20ClNO3. The smallest absolute Gasteiger partial charge is 0.261 e. The zero-order valence-corrected chi connectivity index (χ0v) is 12.4. The van der Waals surface area contributed by atoms with Crippen LogP contribution in [0.3, 0.4) is 0 Å². The van der Waals surface area contributed by atoms with Crippen LogP contribution in [-0.2, 0) is 9.53 Å². The lowest BCUT2D eigenvalue weighted by Crippen LogP contribution is -2.41. The van der Waals surface area contributed by atoms with Gasteiger partial charge in [-0.1, -0.05) is 18.5 Å². The van der Waals surface area contributed by atoms with Gasteiger partial charge >= 0.3 is 0 Å². The SMILES string of the molecule is CC[C@H](Oc1ccc(Cl)cc1)C(=O)NC[C@@H]1CCCO1. The largest absolute Gasteiger partial charge is 0.481 e. The highest BCUT2D eigenvalue weighted by Crippen LogP contribution is 2.18. The zero-order chi connectivity index (χ0) is 14.4. The van der Waals surface area contributed by atoms with Crippen molar-refractivity contribution >= 4 is 17.5 Å². The van der Waals surface area contributed by atoms with Crippen molar-refractivity contribution in [1.82, 2.24) is 5.32 Å². The van der Waals surface area contributed by atoms with Gasteiger partial charge in [0.25, 0.3) is 5.91 Å². The topological polar surface area (TPSA) is 47.6 Å². The molecule has 0 spiro atoms. The van der Waals surface area contributed by atoms with Crippen molar-refractivity contribution in [2.75, 3.05) is 13.2 Å². The zero-order valence-electron chi connectivity index (χ0n) is 11.6. The Balaban J connectivity index is 1.83. The van der Waals surface area contributed by atoms with Crippen LogP contribution in [-0.4, -0.2) is 31.3 Å². The molecule has 4 nitrogen and oxygen atoms in total. The van der Waals surface area contributed by atoms with Crippen molar-refractivity contribution in [3.8, 4) is 5.75 Å². The predicted molar refractivity (Wildman–Crippen MR) is 78.1 cm³/mol. The van der Waals surface area contributed by atoms with Gasteiger partial charge in [-0.3, -0.25) is 4.79 Å². The molecule has 1 aromatic carbocycles. The average molecular weight is 298 g/mol. The number of halogens is 1. The van der Waals surface area contributed by atoms with Crippen LogP contribution < -0.4 is 10.1 Å². The fraction of sp³-hybridized carbons (Fsp3) is 0.533. The summed E-state index contributed by atoms with van der Waals surface area (Å²) in [4.78, 5) is 12.1. The Bertz CT molecular complexity index is 429. The Labute approximate surface area is 124 Å². The lowest BCUT2D eigenvalue weighted by atomic mass is 10.2. The quantitative estimate of drug-likeness (QED) is 0.878. The van der Waals surface area contributed by atoms with E-state index in [2.05, 4.69) is 5.32 Å². The van der Waals surface area contributed by atoms with E-state index in [-0.39, 0.29) is 12.0 Å². The maximum Gasteiger partial charge on any atom is 0.261 e. The number of carbonyl (C=O) groups excluding carboxylic acids is 1. The second-order valence-electron chi connectivity index (χ2n) is 4.85. The van der Waals surface area contributed by atoms with Gasteiger partial charge in [0.05, 0.1) is 6.10 Å². The van der Waals surface area contributed by atoms with Gasteiger partial charge in [-0.2, -0.15) is 0 Å². The third-order valence-corrected chi connectivity index (χ3v) is 3.54. The van der Waals surface area contributed by atoms with Crippen molar-refractivity contribution in [3.63, 3.8) is 0 Å². The van der Waals surface area contributed by atoms with E-state index in [4.69, 9.17) is 21.1 Å². The number of nitrogens with one attached hydrogen (secondary N) is 1. The second-order valence-corrected chi connectivity index (χ2v) is 5.29. The Morgan fingerprint density at radius 2 is 2.25 bits per heavy atom. The molecule has 1 fully saturated rings. The average Bonchev–Trinajstić information content (AvgIpc) is 2.97. The predicted octanol–water partition coefficient (Wildman–Crippen LogP) is 2.79. The Hall–Kier alpha value is -1.26. The maximum absolute atomic E-state index is 12.1. The standard InChI is InChI=1S/C15H20ClNO3/c1-2-14(20-12-7-5-11(16)6-8-12)15(18)17-10-13-4-3-9-19-13/h5-8,13-14H,2-4,9-10H2,1H3,(H,17,18)/t13-,14-/m0/s1. The Morgan fingerprint density at radius 3 is 2.85 bits per heavy atom. The summed E-state index contributed by atoms with van der Waals surface area (Å²) < 4.78 is 11.2. The molecule has 0 aromatic heterocycles. The molecule has 1 aliphatic rings. The molecule has 1 heterocycles. The summed E-state index contributed by atoms with van der Waals surface area (Å²) in [5.74, 6) is 0.548. The molecule has 0 saturated carbocycles. The molecule has 20 heavy (non-hydrogen) atoms. The van der Waals surface area contributed by atoms with Crippen LogP contribution in [0.25, 0.3) is 0 Å². The monoisotopic (exact) mass is 297 g/mol. The van der Waals surface area contributed by atoms with Gasteiger partial charge in [0.15, 0.2) is 6.10 Å². The highest BCUT2D eigenvalue weighted by atomic mass is 35.5. The molecular weight excluding hydrogens is 278 g/mol. The fourth-order valence-electron chi connectivity index (χ4n) is 2.13. The summed E-state index contributed by atoms with van der Waals surface area (Å²) in [5.41, 5.74) is 0. The molecule has 0 unspecified atom stereocenters. The summed E-state index contributed by atoms with van der Waals surface area (Å²) in [7, 11) is 0. The van der Waals surface area contributed by atoms with Gasteiger partial charge in [0.2, 0.25) is 0 Å². The van der Waals surface area contributed by atoms with Crippen LogP contribution in [0.4, 0.5) is 0 Å². The van der Waals surface area contributed by atoms with E-state index in [9.17, 15) is 4.79 Å². The molecule has 1 N–H and O–H groups in total. The van der Waals surface area contributed by atoms with Gasteiger partial charge in [-0.15, -0.1) is 0 Å². The van der Waals surface area contributed by atoms with E-state index in [1.165, 1.54) is 0 Å². The molecule has 1 saturated heterocycles. The number of hydrogen-bond acceptors (Lipinski definition) is 3. The van der Waals surface area contributed by atoms with Crippen molar-refractivity contribution in [1.29, 1.82) is 0 Å². The van der Waals surface area contributed by atoms with Crippen LogP contribution in [0.5, 0.6) is 5.75 Å². The van der Waals surface area contributed by atoms with Gasteiger partial charge in [0, 0.05) is 18.2 Å². The summed E-state index contributed by atoms with van der Waals surface area (Å²) in [6.07, 6.45) is 2.35. The van der Waals surface area contributed by atoms with Crippen molar-refractivity contribution in [2.24, 2.45) is 0 Å². The highest BCUT2D eigenvalue weighted by Gasteiger charge is 2.21. The number of benzene rings is 1. The first-order valence-corrected chi connectivity index (χ1v) is 7.38. The van der Waals surface area contributed by atoms with Gasteiger partial charge in [-0.25, -0.2) is 0 Å². The first kappa shape index (κ1) is 15.1. The molecule has 1 amide bonds. The number of ether oxygens (including phenoxy) is 2. The molecule has 1 aromatic rings. The van der Waals surface area contributed by atoms with E-state index >= 15 is 0 Å². The normalized spacial score (nSPS) is 19.6. The second kappa shape index (κ2) is 7.50. The lowest BCUT2D eigenvalue weighted by Gasteiger charge is -2.18. The Morgan fingerprint density at radius 1 is 1.50 bits per heavy atom. The highest BCUT2D eigenvalue weighted by molar-refractivity contribution is 6.30. The van der Waals surface area contributed by atoms with E-state index in [0.717, 1.165) is 19.4 Å². The first-order chi connectivity index (χ1) is 9.69. The number of carbonyl (C=O) groups is 1. The number of rotatable bonds is 6. The third kappa shape index (κ3) is 4.39. The summed E-state index contributed by atoms with van der Waals surface area (Å²) >= 11 is 5.82. The summed E-state index contributed by atoms with van der Waals surface area (Å²) in [6.45, 7) is 3.27. The molecule has 2 atom stereocenters. The van der Waals surface area contributed by atoms with Crippen LogP contribution >= 0.6 is 11.6 Å².